The molecule has 0 aliphatic carbocycles. The molecule has 0 fully saturated rings. The quantitative estimate of drug-likeness (QED) is 0.164. The summed E-state index contributed by atoms with van der Waals surface area (Å²) in [7, 11) is 10.1. The van der Waals surface area contributed by atoms with Crippen molar-refractivity contribution >= 4 is 0 Å². The van der Waals surface area contributed by atoms with Crippen LogP contribution in [-0.4, -0.2) is 48.3 Å². The first kappa shape index (κ1) is 72.7. The van der Waals surface area contributed by atoms with Crippen LogP contribution in [0.4, 0.5) is 0 Å². The third kappa shape index (κ3) is 12.3. The molecule has 614 valence electrons. The summed E-state index contributed by atoms with van der Waals surface area (Å²) in [5.41, 5.74) is 21.2. The first-order valence-electron chi connectivity index (χ1n) is 46.2. The van der Waals surface area contributed by atoms with Gasteiger partial charge in [-0.05, 0) is 271 Å². The lowest BCUT2D eigenvalue weighted by atomic mass is 9.61. The van der Waals surface area contributed by atoms with Gasteiger partial charge in [0.25, 0.3) is 29.1 Å². The van der Waals surface area contributed by atoms with Crippen molar-refractivity contribution in [2.75, 3.05) is 0 Å². The number of para-hydroxylation sites is 5. The van der Waals surface area contributed by atoms with Crippen LogP contribution in [0.3, 0.4) is 0 Å². The number of hydrogen-bond donors (Lipinski definition) is 0. The van der Waals surface area contributed by atoms with Gasteiger partial charge in [-0.1, -0.05) is 191 Å². The van der Waals surface area contributed by atoms with E-state index in [1.165, 1.54) is 67.1 Å². The van der Waals surface area contributed by atoms with Crippen LogP contribution in [0.5, 0.6) is 0 Å². The SMILES string of the molecule is Cc1cc(C)cc(-c2nc3n([n+]2C)-c2c(C)cccc2C(C)(C)C3(C)C)c1.Cc1cccc2c1-n1c(nc(-c3ccccc3)[n+]1C)C(C)(C)C2(C)C.[2H]C([2H])([2H])C1(C)c2nc(C)[n+](C)n2-c2c(C)cccc2C1(C)C.[2H]C([2H])([2H])C1(C)c2nc[n+](C)n2-c2c(C)cccc2C1(C)C.[2H]C([2H])([2H])c1cc(C)cc(-c2nc3n([n+]2C)-c2c(C)cccc2C(C)(C)C3(C)C)c1. The Kier molecular flexibility index (Phi) is 17.4. The van der Waals surface area contributed by atoms with Crippen LogP contribution in [0.1, 0.15) is 264 Å². The Bertz CT molecular complexity index is 6560. The molecule has 0 saturated heterocycles. The van der Waals surface area contributed by atoms with Gasteiger partial charge in [-0.3, -0.25) is 0 Å². The molecule has 2 atom stereocenters. The number of benzene rings is 8. The number of hydrogen-bond acceptors (Lipinski definition) is 5. The zero-order valence-corrected chi connectivity index (χ0v) is 76.3. The molecule has 15 heteroatoms. The number of aryl methyl sites for hydroxylation is 11. The van der Waals surface area contributed by atoms with Crippen molar-refractivity contribution in [1.82, 2.24) is 48.3 Å². The molecule has 8 aromatic carbocycles. The van der Waals surface area contributed by atoms with Gasteiger partial charge in [-0.2, -0.15) is 9.36 Å². The Morgan fingerprint density at radius 3 is 0.881 bits per heavy atom. The summed E-state index contributed by atoms with van der Waals surface area (Å²) in [4.78, 5) is 24.6. The minimum Gasteiger partial charge on any atom is -0.154 e. The van der Waals surface area contributed by atoms with Crippen LogP contribution in [-0.2, 0) is 89.4 Å². The topological polar surface area (TPSA) is 108 Å². The predicted octanol–water partition coefficient (Wildman–Crippen LogP) is 19.4. The van der Waals surface area contributed by atoms with Gasteiger partial charge in [0.05, 0.1) is 72.2 Å². The highest BCUT2D eigenvalue weighted by atomic mass is 15.5. The lowest BCUT2D eigenvalue weighted by Crippen LogP contribution is -2.51. The van der Waals surface area contributed by atoms with Crippen LogP contribution in [0.15, 0.2) is 164 Å². The van der Waals surface area contributed by atoms with Crippen LogP contribution in [0, 0.1) is 69.2 Å². The van der Waals surface area contributed by atoms with Gasteiger partial charge in [0.2, 0.25) is 0 Å². The molecule has 5 aliphatic heterocycles. The highest BCUT2D eigenvalue weighted by molar-refractivity contribution is 5.64. The fraction of sp³-hybridized carbons (Fsp3) is 0.437. The van der Waals surface area contributed by atoms with Gasteiger partial charge in [0.1, 0.15) is 35.2 Å². The summed E-state index contributed by atoms with van der Waals surface area (Å²) < 4.78 is 94.0. The largest absolute Gasteiger partial charge is 0.351 e. The highest BCUT2D eigenvalue weighted by Crippen LogP contribution is 2.55. The van der Waals surface area contributed by atoms with Crippen molar-refractivity contribution in [2.24, 2.45) is 35.2 Å². The zero-order chi connectivity index (χ0) is 93.8. The molecule has 13 aromatic rings. The molecular formula is C103H132N15+5. The van der Waals surface area contributed by atoms with E-state index in [1.54, 1.807) is 18.5 Å². The molecule has 0 bridgehead atoms. The molecule has 118 heavy (non-hydrogen) atoms. The van der Waals surface area contributed by atoms with Gasteiger partial charge in [0, 0.05) is 46.3 Å². The molecule has 0 N–H and O–H groups in total. The second-order valence-corrected chi connectivity index (χ2v) is 39.0. The summed E-state index contributed by atoms with van der Waals surface area (Å²) >= 11 is 0. The van der Waals surface area contributed by atoms with Gasteiger partial charge in [-0.25, -0.2) is 0 Å². The smallest absolute Gasteiger partial charge is 0.154 e. The maximum atomic E-state index is 8.26. The van der Waals surface area contributed by atoms with Crippen molar-refractivity contribution in [3.8, 4) is 62.6 Å². The summed E-state index contributed by atoms with van der Waals surface area (Å²) in [5.74, 6) is 8.08. The molecule has 15 nitrogen and oxygen atoms in total. The van der Waals surface area contributed by atoms with E-state index >= 15 is 0 Å². The van der Waals surface area contributed by atoms with Gasteiger partial charge >= 0.3 is 29.6 Å². The fourth-order valence-corrected chi connectivity index (χ4v) is 19.0. The van der Waals surface area contributed by atoms with E-state index in [-0.39, 0.29) is 32.5 Å². The number of fused-ring (bicyclic) bond motifs is 15. The summed E-state index contributed by atoms with van der Waals surface area (Å²) in [5, 5.41) is 0. The van der Waals surface area contributed by atoms with Crippen LogP contribution in [0.2, 0.25) is 0 Å². The van der Waals surface area contributed by atoms with E-state index in [1.807, 2.05) is 132 Å². The van der Waals surface area contributed by atoms with E-state index < -0.39 is 42.2 Å². The monoisotopic (exact) mass is 1590 g/mol. The molecule has 2 unspecified atom stereocenters. The zero-order valence-electron chi connectivity index (χ0n) is 85.3. The van der Waals surface area contributed by atoms with Crippen molar-refractivity contribution in [3.05, 3.63) is 277 Å². The molecule has 0 saturated carbocycles. The third-order valence-corrected chi connectivity index (χ3v) is 29.4. The average Bonchev–Trinajstić information content (AvgIpc) is 1.54. The van der Waals surface area contributed by atoms with Crippen molar-refractivity contribution in [3.63, 3.8) is 0 Å². The Labute approximate surface area is 716 Å². The highest BCUT2D eigenvalue weighted by Gasteiger charge is 2.58. The first-order valence-corrected chi connectivity index (χ1v) is 41.7. The van der Waals surface area contributed by atoms with Gasteiger partial charge < -0.3 is 0 Å². The lowest BCUT2D eigenvalue weighted by molar-refractivity contribution is -0.751. The van der Waals surface area contributed by atoms with Crippen molar-refractivity contribution in [2.45, 2.75) is 262 Å². The Hall–Kier alpha value is -10.5. The minimum atomic E-state index is -2.17. The summed E-state index contributed by atoms with van der Waals surface area (Å²) in [6.45, 7) is 51.7. The predicted molar refractivity (Wildman–Crippen MR) is 478 cm³/mol. The van der Waals surface area contributed by atoms with E-state index in [4.69, 9.17) is 27.3 Å². The molecule has 5 aliphatic rings. The molecule has 18 rings (SSSR count). The normalized spacial score (nSPS) is 20.5. The molecule has 5 aromatic heterocycles. The summed E-state index contributed by atoms with van der Waals surface area (Å²) in [6, 6.07) is 54.6. The average molecular weight is 1590 g/mol. The Balaban J connectivity index is 0.000000129. The number of aromatic nitrogens is 15. The van der Waals surface area contributed by atoms with E-state index in [9.17, 15) is 0 Å². The standard InChI is InChI=1S/2C24H30N3.C22H26N3.C17H24N3.C16H22N3/c2*1-15-12-16(2)14-18(13-15)21-25-22-24(6,7)23(4,5)19-11-9-10-17(3)20(19)27(22)26(21)8;1-15-11-10-14-17-18(15)25-20(22(4,5)21(17,2)3)23-19(24(25)6)16-12-8-7-9-13-16;1-11-9-8-10-13-14(11)20-15(18-12(2)19(20)7)17(5,6)16(13,3)4;1-11-8-7-9-12-13(11)19-14(17-10-18(19)6)16(4,5)15(12,2)3/h2*9-14H,1-8H3;7-14H,1-6H3;8-10H,1-7H3;7-10H,1-6H3/q5*+1/i1D3;;;5D3;4D3. The third-order valence-electron chi connectivity index (χ3n) is 29.4. The Morgan fingerprint density at radius 1 is 0.271 bits per heavy atom. The van der Waals surface area contributed by atoms with E-state index in [0.29, 0.717) is 17.2 Å². The van der Waals surface area contributed by atoms with Crippen LogP contribution in [0.25, 0.3) is 62.6 Å². The fourth-order valence-electron chi connectivity index (χ4n) is 19.0. The second kappa shape index (κ2) is 28.3. The molecule has 0 amide bonds. The van der Waals surface area contributed by atoms with Gasteiger partial charge in [-0.15, -0.1) is 37.5 Å². The Morgan fingerprint density at radius 2 is 0.551 bits per heavy atom. The van der Waals surface area contributed by atoms with E-state index in [2.05, 4.69) is 293 Å². The maximum absolute atomic E-state index is 8.26. The van der Waals surface area contributed by atoms with Gasteiger partial charge in [0.15, 0.2) is 0 Å². The number of nitrogens with zero attached hydrogens (tertiary/aromatic N) is 15. The van der Waals surface area contributed by atoms with E-state index in [0.717, 1.165) is 91.1 Å². The number of rotatable bonds is 3. The summed E-state index contributed by atoms with van der Waals surface area (Å²) in [6.07, 6.45) is 1.69. The molecule has 10 heterocycles. The lowest BCUT2D eigenvalue weighted by Gasteiger charge is -2.44. The van der Waals surface area contributed by atoms with Crippen LogP contribution >= 0.6 is 0 Å². The molecular weight excluding hydrogens is 1450 g/mol. The first-order chi connectivity index (χ1) is 58.6. The minimum absolute atomic E-state index is 0.00331. The van der Waals surface area contributed by atoms with Crippen molar-refractivity contribution in [1.29, 1.82) is 0 Å². The van der Waals surface area contributed by atoms with Crippen LogP contribution < -0.4 is 23.4 Å². The second-order valence-electron chi connectivity index (χ2n) is 39.0. The molecule has 0 radical (unpaired) electrons. The maximum Gasteiger partial charge on any atom is 0.351 e. The van der Waals surface area contributed by atoms with Crippen molar-refractivity contribution < 1.29 is 35.7 Å². The molecule has 0 spiro atoms.